The van der Waals surface area contributed by atoms with Crippen LogP contribution in [0.25, 0.3) is 0 Å². The number of rotatable bonds is 3. The van der Waals surface area contributed by atoms with Gasteiger partial charge in [-0.3, -0.25) is 0 Å². The highest BCUT2D eigenvalue weighted by Gasteiger charge is 2.53. The topological polar surface area (TPSA) is 70.5 Å². The van der Waals surface area contributed by atoms with E-state index < -0.39 is 0 Å². The average molecular weight is 238 g/mol. The first-order valence-corrected chi connectivity index (χ1v) is 6.32. The summed E-state index contributed by atoms with van der Waals surface area (Å²) < 4.78 is 12.0. The maximum absolute atomic E-state index is 6.13. The third-order valence-corrected chi connectivity index (χ3v) is 4.15. The SMILES string of the molecule is CC1(C)OB(/C(CN)=C(/N)C2CC2)OC1(C)C. The second-order valence-electron chi connectivity index (χ2n) is 6.05. The van der Waals surface area contributed by atoms with E-state index in [1.807, 2.05) is 27.7 Å². The fraction of sp³-hybridized carbons (Fsp3) is 0.833. The highest BCUT2D eigenvalue weighted by Crippen LogP contribution is 2.41. The van der Waals surface area contributed by atoms with Crippen LogP contribution < -0.4 is 11.5 Å². The second-order valence-corrected chi connectivity index (χ2v) is 6.05. The maximum atomic E-state index is 6.13. The van der Waals surface area contributed by atoms with Gasteiger partial charge in [-0.2, -0.15) is 0 Å². The van der Waals surface area contributed by atoms with Crippen LogP contribution in [0, 0.1) is 5.92 Å². The van der Waals surface area contributed by atoms with E-state index in [4.69, 9.17) is 20.8 Å². The monoisotopic (exact) mass is 238 g/mol. The molecule has 0 aromatic carbocycles. The Balaban J connectivity index is 2.21. The van der Waals surface area contributed by atoms with E-state index in [9.17, 15) is 0 Å². The zero-order valence-corrected chi connectivity index (χ0v) is 11.2. The predicted molar refractivity (Wildman–Crippen MR) is 69.1 cm³/mol. The van der Waals surface area contributed by atoms with Crippen LogP contribution in [0.2, 0.25) is 0 Å². The quantitative estimate of drug-likeness (QED) is 0.725. The van der Waals surface area contributed by atoms with Gasteiger partial charge in [-0.1, -0.05) is 0 Å². The molecule has 0 bridgehead atoms. The minimum absolute atomic E-state index is 0.331. The molecule has 1 saturated heterocycles. The van der Waals surface area contributed by atoms with Crippen LogP contribution in [0.5, 0.6) is 0 Å². The number of nitrogens with two attached hydrogens (primary N) is 2. The molecule has 96 valence electrons. The zero-order valence-electron chi connectivity index (χ0n) is 11.2. The van der Waals surface area contributed by atoms with E-state index >= 15 is 0 Å². The van der Waals surface area contributed by atoms with Gasteiger partial charge in [-0.05, 0) is 51.9 Å². The van der Waals surface area contributed by atoms with Gasteiger partial charge < -0.3 is 20.8 Å². The molecule has 2 rings (SSSR count). The summed E-state index contributed by atoms with van der Waals surface area (Å²) in [6.45, 7) is 8.55. The number of hydrogen-bond acceptors (Lipinski definition) is 4. The Morgan fingerprint density at radius 1 is 1.18 bits per heavy atom. The minimum atomic E-state index is -0.384. The van der Waals surface area contributed by atoms with Gasteiger partial charge in [0.2, 0.25) is 0 Å². The Labute approximate surface area is 104 Å². The lowest BCUT2D eigenvalue weighted by atomic mass is 9.76. The Kier molecular flexibility index (Phi) is 3.05. The van der Waals surface area contributed by atoms with Crippen molar-refractivity contribution in [2.24, 2.45) is 17.4 Å². The summed E-state index contributed by atoms with van der Waals surface area (Å²) in [5, 5.41) is 0. The van der Waals surface area contributed by atoms with Gasteiger partial charge in [0, 0.05) is 12.2 Å². The molecule has 0 radical (unpaired) electrons. The lowest BCUT2D eigenvalue weighted by molar-refractivity contribution is 0.00578. The van der Waals surface area contributed by atoms with Gasteiger partial charge in [0.15, 0.2) is 0 Å². The first kappa shape index (κ1) is 12.9. The molecule has 0 aromatic rings. The smallest absolute Gasteiger partial charge is 0.402 e. The Bertz CT molecular complexity index is 332. The third-order valence-electron chi connectivity index (χ3n) is 4.15. The maximum Gasteiger partial charge on any atom is 0.493 e. The van der Waals surface area contributed by atoms with Crippen molar-refractivity contribution < 1.29 is 9.31 Å². The van der Waals surface area contributed by atoms with Crippen LogP contribution >= 0.6 is 0 Å². The molecule has 4 N–H and O–H groups in total. The standard InChI is InChI=1S/C12H23BN2O2/c1-11(2)12(3,4)17-13(16-11)9(7-14)10(15)8-5-6-8/h8H,5-7,14-15H2,1-4H3/b10-9+. The van der Waals surface area contributed by atoms with Crippen molar-refractivity contribution in [3.05, 3.63) is 11.2 Å². The highest BCUT2D eigenvalue weighted by molar-refractivity contribution is 6.55. The summed E-state index contributed by atoms with van der Waals surface area (Å²) >= 11 is 0. The van der Waals surface area contributed by atoms with Crippen molar-refractivity contribution in [3.63, 3.8) is 0 Å². The van der Waals surface area contributed by atoms with E-state index in [-0.39, 0.29) is 18.3 Å². The molecule has 1 aliphatic heterocycles. The summed E-state index contributed by atoms with van der Waals surface area (Å²) in [7, 11) is -0.384. The highest BCUT2D eigenvalue weighted by atomic mass is 16.7. The lowest BCUT2D eigenvalue weighted by Gasteiger charge is -2.32. The van der Waals surface area contributed by atoms with Crippen molar-refractivity contribution in [1.82, 2.24) is 0 Å². The van der Waals surface area contributed by atoms with Crippen LogP contribution in [0.3, 0.4) is 0 Å². The molecule has 0 atom stereocenters. The van der Waals surface area contributed by atoms with Crippen LogP contribution in [-0.4, -0.2) is 24.9 Å². The second kappa shape index (κ2) is 4.00. The van der Waals surface area contributed by atoms with Gasteiger partial charge in [0.1, 0.15) is 0 Å². The molecule has 2 fully saturated rings. The van der Waals surface area contributed by atoms with Gasteiger partial charge >= 0.3 is 7.12 Å². The van der Waals surface area contributed by atoms with Crippen LogP contribution in [-0.2, 0) is 9.31 Å². The Morgan fingerprint density at radius 2 is 1.65 bits per heavy atom. The molecule has 0 spiro atoms. The van der Waals surface area contributed by atoms with Crippen molar-refractivity contribution in [1.29, 1.82) is 0 Å². The summed E-state index contributed by atoms with van der Waals surface area (Å²) in [6.07, 6.45) is 2.32. The fourth-order valence-electron chi connectivity index (χ4n) is 1.99. The number of allylic oxidation sites excluding steroid dienone is 1. The lowest BCUT2D eigenvalue weighted by Crippen LogP contribution is -2.41. The summed E-state index contributed by atoms with van der Waals surface area (Å²) in [4.78, 5) is 0. The summed E-state index contributed by atoms with van der Waals surface area (Å²) in [5.74, 6) is 0.493. The Hall–Kier alpha value is -0.515. The van der Waals surface area contributed by atoms with Crippen LogP contribution in [0.15, 0.2) is 11.2 Å². The van der Waals surface area contributed by atoms with Crippen molar-refractivity contribution >= 4 is 7.12 Å². The molecule has 4 nitrogen and oxygen atoms in total. The normalized spacial score (nSPS) is 28.2. The average Bonchev–Trinajstić information content (AvgIpc) is 2.96. The largest absolute Gasteiger partial charge is 0.493 e. The first-order chi connectivity index (χ1) is 7.78. The van der Waals surface area contributed by atoms with Crippen LogP contribution in [0.4, 0.5) is 0 Å². The van der Waals surface area contributed by atoms with Gasteiger partial charge in [-0.15, -0.1) is 0 Å². The molecule has 0 unspecified atom stereocenters. The third kappa shape index (κ3) is 2.24. The Morgan fingerprint density at radius 3 is 2.00 bits per heavy atom. The van der Waals surface area contributed by atoms with Gasteiger partial charge in [-0.25, -0.2) is 0 Å². The molecule has 0 aromatic heterocycles. The minimum Gasteiger partial charge on any atom is -0.402 e. The van der Waals surface area contributed by atoms with Gasteiger partial charge in [0.05, 0.1) is 11.2 Å². The molecule has 5 heteroatoms. The van der Waals surface area contributed by atoms with E-state index in [0.717, 1.165) is 24.0 Å². The molecular weight excluding hydrogens is 215 g/mol. The molecule has 1 heterocycles. The van der Waals surface area contributed by atoms with Gasteiger partial charge in [0.25, 0.3) is 0 Å². The summed E-state index contributed by atoms with van der Waals surface area (Å²) in [5.41, 5.74) is 13.1. The molecule has 1 saturated carbocycles. The zero-order chi connectivity index (χ0) is 12.8. The van der Waals surface area contributed by atoms with Crippen molar-refractivity contribution in [2.75, 3.05) is 6.54 Å². The fourth-order valence-corrected chi connectivity index (χ4v) is 1.99. The van der Waals surface area contributed by atoms with Crippen LogP contribution in [0.1, 0.15) is 40.5 Å². The van der Waals surface area contributed by atoms with Crippen molar-refractivity contribution in [2.45, 2.75) is 51.7 Å². The first-order valence-electron chi connectivity index (χ1n) is 6.32. The van der Waals surface area contributed by atoms with Crippen molar-refractivity contribution in [3.8, 4) is 0 Å². The van der Waals surface area contributed by atoms with E-state index in [0.29, 0.717) is 12.5 Å². The number of hydrogen-bond donors (Lipinski definition) is 2. The van der Waals surface area contributed by atoms with E-state index in [1.165, 1.54) is 0 Å². The predicted octanol–water partition coefficient (Wildman–Crippen LogP) is 1.20. The molecule has 2 aliphatic rings. The van der Waals surface area contributed by atoms with E-state index in [2.05, 4.69) is 0 Å². The van der Waals surface area contributed by atoms with E-state index in [1.54, 1.807) is 0 Å². The molecule has 17 heavy (non-hydrogen) atoms. The molecule has 1 aliphatic carbocycles. The summed E-state index contributed by atoms with van der Waals surface area (Å²) in [6, 6.07) is 0. The molecular formula is C12H23BN2O2. The molecule has 0 amide bonds.